The van der Waals surface area contributed by atoms with Gasteiger partial charge < -0.3 is 14.6 Å². The topological polar surface area (TPSA) is 110 Å². The summed E-state index contributed by atoms with van der Waals surface area (Å²) in [4.78, 5) is 29.6. The van der Waals surface area contributed by atoms with Gasteiger partial charge in [0.15, 0.2) is 23.5 Å². The van der Waals surface area contributed by atoms with E-state index in [9.17, 15) is 20.0 Å². The standard InChI is InChI=1S/C29H38N2O5/c1-18(32)8-13-27(4)12-6-7-22-19(2)28(5,17-23(33)25(22)27)29(24(34)9-14-30)20(3)35-26(36-29)21-10-15-31-16-11-21/h8,10-11,13,15-16,19-20,22-23,25-26,33H,6-7,9,12,17H2,1-5H3/b13-8-/t19-,20+,22?,23?,25+,26?,27?,28-,29-/m0/s1. The Morgan fingerprint density at radius 1 is 1.28 bits per heavy atom. The van der Waals surface area contributed by atoms with Crippen LogP contribution in [-0.4, -0.2) is 39.5 Å². The number of nitrogens with zero attached hydrogens (tertiary/aromatic N) is 2. The third-order valence-electron chi connectivity index (χ3n) is 9.54. The second kappa shape index (κ2) is 9.81. The third kappa shape index (κ3) is 4.13. The minimum absolute atomic E-state index is 0.00105. The minimum Gasteiger partial charge on any atom is -0.393 e. The summed E-state index contributed by atoms with van der Waals surface area (Å²) in [5.74, 6) is -0.224. The van der Waals surface area contributed by atoms with E-state index < -0.39 is 29.5 Å². The van der Waals surface area contributed by atoms with Crippen LogP contribution in [0.5, 0.6) is 0 Å². The summed E-state index contributed by atoms with van der Waals surface area (Å²) in [6.07, 6.45) is 7.69. The van der Waals surface area contributed by atoms with Crippen LogP contribution in [0.2, 0.25) is 0 Å². The molecular weight excluding hydrogens is 456 g/mol. The van der Waals surface area contributed by atoms with E-state index in [0.29, 0.717) is 6.42 Å². The molecule has 1 N–H and O–H groups in total. The molecule has 1 aromatic rings. The summed E-state index contributed by atoms with van der Waals surface area (Å²) in [6.45, 7) is 9.70. The zero-order chi connectivity index (χ0) is 26.3. The number of fused-ring (bicyclic) bond motifs is 1. The highest BCUT2D eigenvalue weighted by Gasteiger charge is 2.69. The summed E-state index contributed by atoms with van der Waals surface area (Å²) >= 11 is 0. The Bertz CT molecular complexity index is 1070. The molecule has 1 aliphatic heterocycles. The molecule has 4 unspecified atom stereocenters. The van der Waals surface area contributed by atoms with Crippen LogP contribution in [0.25, 0.3) is 0 Å². The first kappa shape index (κ1) is 26.7. The van der Waals surface area contributed by atoms with Gasteiger partial charge in [-0.05, 0) is 74.5 Å². The molecule has 0 aromatic carbocycles. The molecule has 3 fully saturated rings. The maximum absolute atomic E-state index is 13.8. The number of aliphatic hydroxyl groups excluding tert-OH is 1. The van der Waals surface area contributed by atoms with E-state index in [-0.39, 0.29) is 41.2 Å². The minimum atomic E-state index is -1.38. The van der Waals surface area contributed by atoms with Gasteiger partial charge in [0.2, 0.25) is 0 Å². The SMILES string of the molecule is CC(=O)/C=C\C1(C)CCCC2[C@@H]1C(O)C[C@](C)([C@]1(C(=O)CC#N)OC(c3ccncc3)O[C@@H]1C)[C@H]2C. The predicted molar refractivity (Wildman–Crippen MR) is 133 cm³/mol. The van der Waals surface area contributed by atoms with Crippen molar-refractivity contribution in [2.75, 3.05) is 0 Å². The van der Waals surface area contributed by atoms with Crippen molar-refractivity contribution in [1.29, 1.82) is 5.26 Å². The molecule has 7 heteroatoms. The normalized spacial score (nSPS) is 42.6. The highest BCUT2D eigenvalue weighted by atomic mass is 16.7. The summed E-state index contributed by atoms with van der Waals surface area (Å²) < 4.78 is 12.9. The Morgan fingerprint density at radius 2 is 1.97 bits per heavy atom. The monoisotopic (exact) mass is 494 g/mol. The van der Waals surface area contributed by atoms with Crippen molar-refractivity contribution >= 4 is 11.6 Å². The summed E-state index contributed by atoms with van der Waals surface area (Å²) in [5, 5.41) is 21.2. The van der Waals surface area contributed by atoms with Crippen LogP contribution in [0.3, 0.4) is 0 Å². The van der Waals surface area contributed by atoms with E-state index in [1.165, 1.54) is 0 Å². The molecule has 1 aromatic heterocycles. The molecule has 2 heterocycles. The first-order valence-electron chi connectivity index (χ1n) is 13.0. The lowest BCUT2D eigenvalue weighted by Gasteiger charge is -2.61. The molecule has 2 aliphatic carbocycles. The number of aromatic nitrogens is 1. The van der Waals surface area contributed by atoms with E-state index >= 15 is 0 Å². The number of carbonyl (C=O) groups excluding carboxylic acids is 2. The molecule has 0 amide bonds. The van der Waals surface area contributed by atoms with Crippen molar-refractivity contribution in [2.24, 2.45) is 28.6 Å². The number of pyridine rings is 1. The van der Waals surface area contributed by atoms with E-state index in [1.54, 1.807) is 37.5 Å². The fourth-order valence-electron chi connectivity index (χ4n) is 7.71. The predicted octanol–water partition coefficient (Wildman–Crippen LogP) is 4.71. The van der Waals surface area contributed by atoms with Gasteiger partial charge in [-0.1, -0.05) is 33.3 Å². The fraction of sp³-hybridized carbons (Fsp3) is 0.655. The van der Waals surface area contributed by atoms with E-state index in [0.717, 1.165) is 24.8 Å². The van der Waals surface area contributed by atoms with Crippen molar-refractivity contribution in [1.82, 2.24) is 4.98 Å². The smallest absolute Gasteiger partial charge is 0.185 e. The van der Waals surface area contributed by atoms with Crippen LogP contribution >= 0.6 is 0 Å². The zero-order valence-electron chi connectivity index (χ0n) is 21.9. The Balaban J connectivity index is 1.77. The fourth-order valence-corrected chi connectivity index (χ4v) is 7.71. The quantitative estimate of drug-likeness (QED) is 0.570. The first-order valence-corrected chi connectivity index (χ1v) is 13.0. The van der Waals surface area contributed by atoms with Crippen LogP contribution in [-0.2, 0) is 19.1 Å². The number of allylic oxidation sites excluding steroid dienone is 2. The molecule has 1 saturated heterocycles. The second-order valence-corrected chi connectivity index (χ2v) is 11.5. The molecule has 2 saturated carbocycles. The summed E-state index contributed by atoms with van der Waals surface area (Å²) in [6, 6.07) is 5.62. The van der Waals surface area contributed by atoms with Gasteiger partial charge in [-0.3, -0.25) is 14.6 Å². The van der Waals surface area contributed by atoms with E-state index in [1.807, 2.05) is 26.0 Å². The average molecular weight is 495 g/mol. The summed E-state index contributed by atoms with van der Waals surface area (Å²) in [5.41, 5.74) is -1.71. The number of ketones is 2. The zero-order valence-corrected chi connectivity index (χ0v) is 21.9. The first-order chi connectivity index (χ1) is 17.0. The molecule has 194 valence electrons. The molecule has 36 heavy (non-hydrogen) atoms. The Hall–Kier alpha value is -2.40. The van der Waals surface area contributed by atoms with Crippen molar-refractivity contribution in [3.63, 3.8) is 0 Å². The number of ether oxygens (including phenoxy) is 2. The highest BCUT2D eigenvalue weighted by molar-refractivity contribution is 5.91. The highest BCUT2D eigenvalue weighted by Crippen LogP contribution is 2.64. The number of carbonyl (C=O) groups is 2. The van der Waals surface area contributed by atoms with Gasteiger partial charge in [0.05, 0.1) is 24.7 Å². The maximum atomic E-state index is 13.8. The number of hydrogen-bond donors (Lipinski definition) is 1. The maximum Gasteiger partial charge on any atom is 0.185 e. The van der Waals surface area contributed by atoms with Gasteiger partial charge in [0.1, 0.15) is 0 Å². The second-order valence-electron chi connectivity index (χ2n) is 11.5. The average Bonchev–Trinajstić information content (AvgIpc) is 3.20. The number of aliphatic hydroxyl groups is 1. The molecule has 0 spiro atoms. The molecule has 4 rings (SSSR count). The van der Waals surface area contributed by atoms with Gasteiger partial charge in [-0.25, -0.2) is 0 Å². The lowest BCUT2D eigenvalue weighted by atomic mass is 9.45. The Morgan fingerprint density at radius 3 is 2.61 bits per heavy atom. The van der Waals surface area contributed by atoms with Gasteiger partial charge in [-0.2, -0.15) is 5.26 Å². The molecule has 0 bridgehead atoms. The van der Waals surface area contributed by atoms with Gasteiger partial charge in [0.25, 0.3) is 0 Å². The van der Waals surface area contributed by atoms with E-state index in [2.05, 4.69) is 18.8 Å². The molecule has 0 radical (unpaired) electrons. The van der Waals surface area contributed by atoms with Crippen LogP contribution in [0, 0.1) is 39.9 Å². The molecule has 3 aliphatic rings. The van der Waals surface area contributed by atoms with Crippen molar-refractivity contribution in [3.05, 3.63) is 42.2 Å². The molecular formula is C29H38N2O5. The van der Waals surface area contributed by atoms with Gasteiger partial charge >= 0.3 is 0 Å². The van der Waals surface area contributed by atoms with Crippen LogP contribution in [0.15, 0.2) is 36.7 Å². The van der Waals surface area contributed by atoms with Crippen molar-refractivity contribution in [2.45, 2.75) is 90.8 Å². The lowest BCUT2D eigenvalue weighted by Crippen LogP contribution is -2.67. The van der Waals surface area contributed by atoms with Crippen LogP contribution in [0.4, 0.5) is 0 Å². The Labute approximate surface area is 213 Å². The third-order valence-corrected chi connectivity index (χ3v) is 9.54. The number of nitriles is 1. The van der Waals surface area contributed by atoms with Crippen molar-refractivity contribution < 1.29 is 24.2 Å². The van der Waals surface area contributed by atoms with E-state index in [4.69, 9.17) is 9.47 Å². The largest absolute Gasteiger partial charge is 0.393 e. The lowest BCUT2D eigenvalue weighted by molar-refractivity contribution is -0.213. The van der Waals surface area contributed by atoms with Gasteiger partial charge in [-0.15, -0.1) is 0 Å². The number of rotatable bonds is 6. The van der Waals surface area contributed by atoms with Gasteiger partial charge in [0, 0.05) is 23.4 Å². The molecule has 7 nitrogen and oxygen atoms in total. The van der Waals surface area contributed by atoms with Crippen molar-refractivity contribution in [3.8, 4) is 6.07 Å². The molecule has 9 atom stereocenters. The number of hydrogen-bond acceptors (Lipinski definition) is 7. The van der Waals surface area contributed by atoms with Crippen LogP contribution < -0.4 is 0 Å². The summed E-state index contributed by atoms with van der Waals surface area (Å²) in [7, 11) is 0. The van der Waals surface area contributed by atoms with Crippen LogP contribution in [0.1, 0.15) is 78.6 Å². The number of Topliss-reactive ketones (excluding diaryl/α,β-unsaturated/α-hetero) is 1. The Kier molecular flexibility index (Phi) is 7.27.